The number of hydrogen-bond donors (Lipinski definition) is 0. The first-order chi connectivity index (χ1) is 5.31. The average molecular weight is 154 g/mol. The van der Waals surface area contributed by atoms with Crippen molar-refractivity contribution in [2.75, 3.05) is 0 Å². The number of carbonyl (C=O) groups excluding carboxylic acids is 1. The Labute approximate surface area is 66.9 Å². The monoisotopic (exact) mass is 154 g/mol. The van der Waals surface area contributed by atoms with E-state index in [2.05, 4.69) is 6.92 Å². The largest absolute Gasteiger partial charge is 0.464 e. The summed E-state index contributed by atoms with van der Waals surface area (Å²) < 4.78 is 5.00. The fourth-order valence-corrected chi connectivity index (χ4v) is 2.75. The van der Waals surface area contributed by atoms with Crippen LogP contribution in [-0.4, -0.2) is 12.6 Å². The summed E-state index contributed by atoms with van der Waals surface area (Å²) in [4.78, 5) is 10.1. The summed E-state index contributed by atoms with van der Waals surface area (Å²) in [5.74, 6) is 2.39. The molecule has 2 bridgehead atoms. The normalized spacial score (nSPS) is 47.7. The summed E-state index contributed by atoms with van der Waals surface area (Å²) in [5, 5.41) is 0. The van der Waals surface area contributed by atoms with E-state index in [4.69, 9.17) is 4.74 Å². The second kappa shape index (κ2) is 2.50. The van der Waals surface area contributed by atoms with Crippen molar-refractivity contribution in [3.05, 3.63) is 0 Å². The molecule has 0 aromatic carbocycles. The average Bonchev–Trinajstić information content (AvgIpc) is 2.47. The van der Waals surface area contributed by atoms with Crippen molar-refractivity contribution < 1.29 is 9.53 Å². The predicted octanol–water partition coefficient (Wildman–Crippen LogP) is 1.59. The molecule has 2 heteroatoms. The zero-order chi connectivity index (χ0) is 7.84. The van der Waals surface area contributed by atoms with Crippen LogP contribution in [0.15, 0.2) is 0 Å². The molecular weight excluding hydrogens is 140 g/mol. The van der Waals surface area contributed by atoms with Gasteiger partial charge in [-0.2, -0.15) is 0 Å². The lowest BCUT2D eigenvalue weighted by atomic mass is 9.89. The fourth-order valence-electron chi connectivity index (χ4n) is 2.75. The molecule has 0 aromatic rings. The molecule has 62 valence electrons. The Morgan fingerprint density at radius 2 is 2.09 bits per heavy atom. The highest BCUT2D eigenvalue weighted by molar-refractivity contribution is 5.37. The molecule has 2 saturated carbocycles. The van der Waals surface area contributed by atoms with Crippen LogP contribution in [0.4, 0.5) is 0 Å². The number of rotatable bonds is 2. The van der Waals surface area contributed by atoms with Crippen LogP contribution in [0.5, 0.6) is 0 Å². The van der Waals surface area contributed by atoms with Crippen LogP contribution in [0.3, 0.4) is 0 Å². The summed E-state index contributed by atoms with van der Waals surface area (Å²) in [7, 11) is 0. The van der Waals surface area contributed by atoms with Gasteiger partial charge < -0.3 is 4.74 Å². The Kier molecular flexibility index (Phi) is 1.63. The van der Waals surface area contributed by atoms with Crippen LogP contribution in [0, 0.1) is 17.8 Å². The zero-order valence-electron chi connectivity index (χ0n) is 6.82. The maximum Gasteiger partial charge on any atom is 0.293 e. The summed E-state index contributed by atoms with van der Waals surface area (Å²) >= 11 is 0. The van der Waals surface area contributed by atoms with E-state index in [0.29, 0.717) is 12.4 Å². The molecule has 11 heavy (non-hydrogen) atoms. The van der Waals surface area contributed by atoms with Gasteiger partial charge in [0.2, 0.25) is 0 Å². The van der Waals surface area contributed by atoms with Crippen molar-refractivity contribution in [2.45, 2.75) is 32.3 Å². The number of ether oxygens (including phenoxy) is 1. The van der Waals surface area contributed by atoms with Crippen LogP contribution >= 0.6 is 0 Å². The second-order valence-electron chi connectivity index (χ2n) is 3.98. The van der Waals surface area contributed by atoms with Gasteiger partial charge in [0.15, 0.2) is 0 Å². The molecule has 2 aliphatic rings. The predicted molar refractivity (Wildman–Crippen MR) is 40.9 cm³/mol. The molecular formula is C9H14O2. The Morgan fingerprint density at radius 3 is 2.55 bits per heavy atom. The van der Waals surface area contributed by atoms with Gasteiger partial charge >= 0.3 is 0 Å². The summed E-state index contributed by atoms with van der Waals surface area (Å²) in [6.07, 6.45) is 3.93. The van der Waals surface area contributed by atoms with Gasteiger partial charge in [-0.25, -0.2) is 0 Å². The van der Waals surface area contributed by atoms with Gasteiger partial charge in [0.05, 0.1) is 0 Å². The molecule has 4 unspecified atom stereocenters. The molecule has 0 heterocycles. The van der Waals surface area contributed by atoms with Crippen LogP contribution in [0.25, 0.3) is 0 Å². The first-order valence-corrected chi connectivity index (χ1v) is 4.40. The molecule has 0 N–H and O–H groups in total. The lowest BCUT2D eigenvalue weighted by Gasteiger charge is -2.23. The van der Waals surface area contributed by atoms with Crippen LogP contribution < -0.4 is 0 Å². The van der Waals surface area contributed by atoms with E-state index in [-0.39, 0.29) is 6.10 Å². The molecule has 0 amide bonds. The molecule has 2 aliphatic carbocycles. The highest BCUT2D eigenvalue weighted by atomic mass is 16.5. The topological polar surface area (TPSA) is 26.3 Å². The van der Waals surface area contributed by atoms with E-state index in [0.717, 1.165) is 18.3 Å². The van der Waals surface area contributed by atoms with Gasteiger partial charge in [-0.15, -0.1) is 0 Å². The van der Waals surface area contributed by atoms with Gasteiger partial charge in [0.25, 0.3) is 6.47 Å². The number of carbonyl (C=O) groups is 1. The Bertz CT molecular complexity index is 165. The SMILES string of the molecule is CC1CC2CC1CC2OC=O. The van der Waals surface area contributed by atoms with Crippen molar-refractivity contribution >= 4 is 6.47 Å². The third-order valence-electron chi connectivity index (χ3n) is 3.38. The Morgan fingerprint density at radius 1 is 1.27 bits per heavy atom. The zero-order valence-corrected chi connectivity index (χ0v) is 6.82. The van der Waals surface area contributed by atoms with Gasteiger partial charge in [-0.1, -0.05) is 6.92 Å². The summed E-state index contributed by atoms with van der Waals surface area (Å²) in [6, 6.07) is 0. The molecule has 0 spiro atoms. The molecule has 2 nitrogen and oxygen atoms in total. The minimum absolute atomic E-state index is 0.258. The van der Waals surface area contributed by atoms with E-state index in [9.17, 15) is 4.79 Å². The second-order valence-corrected chi connectivity index (χ2v) is 3.98. The van der Waals surface area contributed by atoms with Crippen molar-refractivity contribution in [3.8, 4) is 0 Å². The van der Waals surface area contributed by atoms with Gasteiger partial charge in [-0.3, -0.25) is 4.79 Å². The lowest BCUT2D eigenvalue weighted by molar-refractivity contribution is -0.136. The standard InChI is InChI=1S/C9H14O2/c1-6-2-8-3-7(6)4-9(8)11-5-10/h5-9H,2-4H2,1H3. The smallest absolute Gasteiger partial charge is 0.293 e. The third kappa shape index (κ3) is 1.05. The van der Waals surface area contributed by atoms with Gasteiger partial charge in [0.1, 0.15) is 6.10 Å². The highest BCUT2D eigenvalue weighted by Gasteiger charge is 2.44. The summed E-state index contributed by atoms with van der Waals surface area (Å²) in [6.45, 7) is 2.91. The number of hydrogen-bond acceptors (Lipinski definition) is 2. The van der Waals surface area contributed by atoms with Gasteiger partial charge in [0, 0.05) is 0 Å². The molecule has 0 aliphatic heterocycles. The summed E-state index contributed by atoms with van der Waals surface area (Å²) in [5.41, 5.74) is 0. The third-order valence-corrected chi connectivity index (χ3v) is 3.38. The van der Waals surface area contributed by atoms with Crippen LogP contribution in [0.2, 0.25) is 0 Å². The quantitative estimate of drug-likeness (QED) is 0.565. The molecule has 4 atom stereocenters. The van der Waals surface area contributed by atoms with E-state index in [1.54, 1.807) is 0 Å². The van der Waals surface area contributed by atoms with E-state index in [1.807, 2.05) is 0 Å². The molecule has 2 rings (SSSR count). The molecule has 2 fully saturated rings. The Hall–Kier alpha value is -0.530. The van der Waals surface area contributed by atoms with Crippen molar-refractivity contribution in [1.29, 1.82) is 0 Å². The van der Waals surface area contributed by atoms with Crippen molar-refractivity contribution in [2.24, 2.45) is 17.8 Å². The van der Waals surface area contributed by atoms with Crippen LogP contribution in [0.1, 0.15) is 26.2 Å². The first kappa shape index (κ1) is 7.14. The minimum atomic E-state index is 0.258. The Balaban J connectivity index is 1.97. The maximum absolute atomic E-state index is 10.1. The van der Waals surface area contributed by atoms with Gasteiger partial charge in [-0.05, 0) is 37.0 Å². The molecule has 0 radical (unpaired) electrons. The maximum atomic E-state index is 10.1. The molecule has 0 saturated heterocycles. The van der Waals surface area contributed by atoms with E-state index in [1.165, 1.54) is 12.8 Å². The van der Waals surface area contributed by atoms with E-state index < -0.39 is 0 Å². The van der Waals surface area contributed by atoms with Crippen LogP contribution in [-0.2, 0) is 9.53 Å². The van der Waals surface area contributed by atoms with Crippen molar-refractivity contribution in [3.63, 3.8) is 0 Å². The van der Waals surface area contributed by atoms with Crippen molar-refractivity contribution in [1.82, 2.24) is 0 Å². The lowest BCUT2D eigenvalue weighted by Crippen LogP contribution is -2.23. The molecule has 0 aromatic heterocycles. The fraction of sp³-hybridized carbons (Fsp3) is 0.889. The first-order valence-electron chi connectivity index (χ1n) is 4.40. The number of fused-ring (bicyclic) bond motifs is 2. The van der Waals surface area contributed by atoms with E-state index >= 15 is 0 Å². The highest BCUT2D eigenvalue weighted by Crippen LogP contribution is 2.49. The minimum Gasteiger partial charge on any atom is -0.464 e.